The van der Waals surface area contributed by atoms with E-state index >= 15 is 0 Å². The van der Waals surface area contributed by atoms with E-state index in [2.05, 4.69) is 18.3 Å². The Hall–Kier alpha value is -0.500. The van der Waals surface area contributed by atoms with Crippen molar-refractivity contribution >= 4 is 29.3 Å². The molecule has 1 aromatic carbocycles. The fourth-order valence-corrected chi connectivity index (χ4v) is 2.14. The summed E-state index contributed by atoms with van der Waals surface area (Å²) in [7, 11) is 0. The minimum atomic E-state index is 0.682. The molecule has 0 aromatic heterocycles. The maximum atomic E-state index is 6.16. The van der Waals surface area contributed by atoms with Gasteiger partial charge in [0.25, 0.3) is 0 Å². The maximum Gasteiger partial charge on any atom is 0.0493 e. The SMILES string of the molecule is CCC(=Cc1ccc(Cl)cc1Cl)CNC1CC1. The summed E-state index contributed by atoms with van der Waals surface area (Å²) in [5.41, 5.74) is 2.42. The van der Waals surface area contributed by atoms with Gasteiger partial charge in [0.05, 0.1) is 0 Å². The average Bonchev–Trinajstić information content (AvgIpc) is 3.11. The van der Waals surface area contributed by atoms with Crippen molar-refractivity contribution in [3.63, 3.8) is 0 Å². The van der Waals surface area contributed by atoms with Crippen LogP contribution in [0, 0.1) is 0 Å². The molecule has 3 heteroatoms. The van der Waals surface area contributed by atoms with E-state index in [0.717, 1.165) is 29.6 Å². The van der Waals surface area contributed by atoms with Crippen LogP contribution in [0.3, 0.4) is 0 Å². The highest BCUT2D eigenvalue weighted by molar-refractivity contribution is 6.35. The molecule has 1 aromatic rings. The minimum Gasteiger partial charge on any atom is -0.310 e. The molecule has 0 aliphatic heterocycles. The van der Waals surface area contributed by atoms with Crippen molar-refractivity contribution in [1.29, 1.82) is 0 Å². The Labute approximate surface area is 113 Å². The van der Waals surface area contributed by atoms with Crippen LogP contribution in [-0.4, -0.2) is 12.6 Å². The second-order valence-corrected chi connectivity index (χ2v) is 5.32. The summed E-state index contributed by atoms with van der Waals surface area (Å²) in [6, 6.07) is 6.38. The summed E-state index contributed by atoms with van der Waals surface area (Å²) >= 11 is 12.0. The number of halogens is 2. The molecule has 2 rings (SSSR count). The lowest BCUT2D eigenvalue weighted by atomic mass is 10.1. The van der Waals surface area contributed by atoms with E-state index in [1.165, 1.54) is 18.4 Å². The molecule has 1 aliphatic rings. The van der Waals surface area contributed by atoms with Gasteiger partial charge in [-0.15, -0.1) is 0 Å². The standard InChI is InChI=1S/C14H17Cl2N/c1-2-10(9-17-13-5-6-13)7-11-3-4-12(15)8-14(11)16/h3-4,7-8,13,17H,2,5-6,9H2,1H3. The summed E-state index contributed by atoms with van der Waals surface area (Å²) in [4.78, 5) is 0. The van der Waals surface area contributed by atoms with Crippen molar-refractivity contribution in [2.24, 2.45) is 0 Å². The molecular formula is C14H17Cl2N. The van der Waals surface area contributed by atoms with Crippen molar-refractivity contribution in [3.05, 3.63) is 39.4 Å². The molecule has 0 spiro atoms. The van der Waals surface area contributed by atoms with Gasteiger partial charge in [0.15, 0.2) is 0 Å². The Morgan fingerprint density at radius 1 is 1.41 bits per heavy atom. The minimum absolute atomic E-state index is 0.682. The third-order valence-electron chi connectivity index (χ3n) is 2.97. The average molecular weight is 270 g/mol. The van der Waals surface area contributed by atoms with Gasteiger partial charge < -0.3 is 5.32 Å². The fraction of sp³-hybridized carbons (Fsp3) is 0.429. The van der Waals surface area contributed by atoms with E-state index in [4.69, 9.17) is 23.2 Å². The van der Waals surface area contributed by atoms with Crippen LogP contribution in [0.5, 0.6) is 0 Å². The number of benzene rings is 1. The third kappa shape index (κ3) is 4.02. The first-order valence-corrected chi connectivity index (χ1v) is 6.82. The predicted octanol–water partition coefficient (Wildman–Crippen LogP) is 4.54. The first-order valence-electron chi connectivity index (χ1n) is 6.07. The normalized spacial score (nSPS) is 16.3. The van der Waals surface area contributed by atoms with Crippen LogP contribution in [0.4, 0.5) is 0 Å². The largest absolute Gasteiger partial charge is 0.310 e. The molecule has 1 nitrogen and oxygen atoms in total. The molecule has 0 bridgehead atoms. The molecule has 1 aliphatic carbocycles. The van der Waals surface area contributed by atoms with Gasteiger partial charge in [-0.2, -0.15) is 0 Å². The second-order valence-electron chi connectivity index (χ2n) is 4.48. The highest BCUT2D eigenvalue weighted by Gasteiger charge is 2.20. The van der Waals surface area contributed by atoms with Gasteiger partial charge in [-0.1, -0.05) is 47.8 Å². The van der Waals surface area contributed by atoms with Gasteiger partial charge in [0.2, 0.25) is 0 Å². The molecule has 1 fully saturated rings. The van der Waals surface area contributed by atoms with Crippen molar-refractivity contribution < 1.29 is 0 Å². The Bertz CT molecular complexity index is 422. The smallest absolute Gasteiger partial charge is 0.0493 e. The molecule has 0 radical (unpaired) electrons. The molecule has 0 atom stereocenters. The fourth-order valence-electron chi connectivity index (χ4n) is 1.68. The zero-order valence-electron chi connectivity index (χ0n) is 9.97. The zero-order valence-corrected chi connectivity index (χ0v) is 11.5. The van der Waals surface area contributed by atoms with Gasteiger partial charge in [-0.05, 0) is 37.0 Å². The van der Waals surface area contributed by atoms with Crippen LogP contribution in [0.2, 0.25) is 10.0 Å². The van der Waals surface area contributed by atoms with Crippen LogP contribution in [0.15, 0.2) is 23.8 Å². The monoisotopic (exact) mass is 269 g/mol. The van der Waals surface area contributed by atoms with Crippen LogP contribution in [0.1, 0.15) is 31.7 Å². The van der Waals surface area contributed by atoms with Crippen molar-refractivity contribution in [1.82, 2.24) is 5.32 Å². The maximum absolute atomic E-state index is 6.16. The lowest BCUT2D eigenvalue weighted by Gasteiger charge is -2.07. The van der Waals surface area contributed by atoms with E-state index in [9.17, 15) is 0 Å². The quantitative estimate of drug-likeness (QED) is 0.828. The summed E-state index contributed by atoms with van der Waals surface area (Å²) in [5, 5.41) is 4.92. The predicted molar refractivity (Wildman–Crippen MR) is 75.8 cm³/mol. The Morgan fingerprint density at radius 2 is 2.18 bits per heavy atom. The summed E-state index contributed by atoms with van der Waals surface area (Å²) in [6.07, 6.45) is 5.84. The Balaban J connectivity index is 2.07. The molecular weight excluding hydrogens is 253 g/mol. The topological polar surface area (TPSA) is 12.0 Å². The molecule has 0 amide bonds. The van der Waals surface area contributed by atoms with Gasteiger partial charge in [-0.25, -0.2) is 0 Å². The first kappa shape index (κ1) is 12.9. The van der Waals surface area contributed by atoms with E-state index < -0.39 is 0 Å². The molecule has 0 unspecified atom stereocenters. The molecule has 0 heterocycles. The van der Waals surface area contributed by atoms with E-state index in [1.807, 2.05) is 12.1 Å². The Kier molecular flexibility index (Phi) is 4.49. The van der Waals surface area contributed by atoms with E-state index in [0.29, 0.717) is 5.02 Å². The number of hydrogen-bond acceptors (Lipinski definition) is 1. The number of hydrogen-bond donors (Lipinski definition) is 1. The number of nitrogens with one attached hydrogen (secondary N) is 1. The lowest BCUT2D eigenvalue weighted by Crippen LogP contribution is -2.18. The van der Waals surface area contributed by atoms with Crippen LogP contribution in [0.25, 0.3) is 6.08 Å². The third-order valence-corrected chi connectivity index (χ3v) is 3.53. The summed E-state index contributed by atoms with van der Waals surface area (Å²) < 4.78 is 0. The Morgan fingerprint density at radius 3 is 2.76 bits per heavy atom. The van der Waals surface area contributed by atoms with Crippen LogP contribution >= 0.6 is 23.2 Å². The van der Waals surface area contributed by atoms with Gasteiger partial charge >= 0.3 is 0 Å². The first-order chi connectivity index (χ1) is 8.19. The molecule has 1 N–H and O–H groups in total. The highest BCUT2D eigenvalue weighted by Crippen LogP contribution is 2.24. The zero-order chi connectivity index (χ0) is 12.3. The highest BCUT2D eigenvalue weighted by atomic mass is 35.5. The second kappa shape index (κ2) is 5.90. The summed E-state index contributed by atoms with van der Waals surface area (Å²) in [6.45, 7) is 3.13. The number of rotatable bonds is 5. The lowest BCUT2D eigenvalue weighted by molar-refractivity contribution is 0.723. The van der Waals surface area contributed by atoms with Gasteiger partial charge in [-0.3, -0.25) is 0 Å². The van der Waals surface area contributed by atoms with Crippen LogP contribution < -0.4 is 5.32 Å². The molecule has 0 saturated heterocycles. The van der Waals surface area contributed by atoms with E-state index in [1.54, 1.807) is 6.07 Å². The van der Waals surface area contributed by atoms with Crippen molar-refractivity contribution in [2.75, 3.05) is 6.54 Å². The van der Waals surface area contributed by atoms with Crippen LogP contribution in [-0.2, 0) is 0 Å². The molecule has 1 saturated carbocycles. The van der Waals surface area contributed by atoms with Gasteiger partial charge in [0, 0.05) is 22.6 Å². The molecule has 17 heavy (non-hydrogen) atoms. The van der Waals surface area contributed by atoms with Gasteiger partial charge in [0.1, 0.15) is 0 Å². The van der Waals surface area contributed by atoms with E-state index in [-0.39, 0.29) is 0 Å². The van der Waals surface area contributed by atoms with Crippen molar-refractivity contribution in [2.45, 2.75) is 32.2 Å². The van der Waals surface area contributed by atoms with Crippen molar-refractivity contribution in [3.8, 4) is 0 Å². The summed E-state index contributed by atoms with van der Waals surface area (Å²) in [5.74, 6) is 0. The molecule has 92 valence electrons.